The first kappa shape index (κ1) is 15.1. The van der Waals surface area contributed by atoms with Crippen LogP contribution in [0.5, 0.6) is 0 Å². The minimum absolute atomic E-state index is 0.0490. The minimum atomic E-state index is -0.314. The number of benzene rings is 1. The summed E-state index contributed by atoms with van der Waals surface area (Å²) in [4.78, 5) is 0. The van der Waals surface area contributed by atoms with Gasteiger partial charge in [0.1, 0.15) is 11.6 Å². The molecular weight excluding hydrogens is 277 g/mol. The van der Waals surface area contributed by atoms with Gasteiger partial charge in [0, 0.05) is 5.02 Å². The van der Waals surface area contributed by atoms with E-state index in [9.17, 15) is 4.39 Å². The average molecular weight is 296 g/mol. The van der Waals surface area contributed by atoms with Crippen LogP contribution in [0.1, 0.15) is 36.3 Å². The van der Waals surface area contributed by atoms with E-state index in [0.29, 0.717) is 11.4 Å². The Labute approximate surface area is 123 Å². The van der Waals surface area contributed by atoms with Crippen molar-refractivity contribution in [3.63, 3.8) is 0 Å². The van der Waals surface area contributed by atoms with E-state index in [4.69, 9.17) is 16.0 Å². The molecule has 20 heavy (non-hydrogen) atoms. The van der Waals surface area contributed by atoms with Crippen LogP contribution in [0.3, 0.4) is 0 Å². The summed E-state index contributed by atoms with van der Waals surface area (Å²) >= 11 is 6.11. The third kappa shape index (κ3) is 3.62. The van der Waals surface area contributed by atoms with E-state index in [1.54, 1.807) is 12.3 Å². The topological polar surface area (TPSA) is 25.2 Å². The second kappa shape index (κ2) is 6.91. The van der Waals surface area contributed by atoms with Crippen molar-refractivity contribution in [2.75, 3.05) is 6.54 Å². The molecule has 0 saturated heterocycles. The second-order valence-electron chi connectivity index (χ2n) is 4.91. The predicted octanol–water partition coefficient (Wildman–Crippen LogP) is 4.66. The molecule has 0 saturated carbocycles. The first-order valence-corrected chi connectivity index (χ1v) is 7.21. The van der Waals surface area contributed by atoms with Crippen LogP contribution in [0.4, 0.5) is 4.39 Å². The molecule has 2 aromatic rings. The zero-order valence-corrected chi connectivity index (χ0v) is 12.5. The van der Waals surface area contributed by atoms with Gasteiger partial charge in [-0.1, -0.05) is 24.6 Å². The summed E-state index contributed by atoms with van der Waals surface area (Å²) in [7, 11) is 0. The fourth-order valence-corrected chi connectivity index (χ4v) is 2.47. The molecule has 1 unspecified atom stereocenters. The Balaban J connectivity index is 2.21. The lowest BCUT2D eigenvalue weighted by molar-refractivity contribution is 0.408. The van der Waals surface area contributed by atoms with E-state index in [1.807, 2.05) is 13.0 Å². The van der Waals surface area contributed by atoms with Crippen LogP contribution in [0.2, 0.25) is 5.02 Å². The van der Waals surface area contributed by atoms with Crippen molar-refractivity contribution in [3.05, 3.63) is 58.3 Å². The molecule has 0 fully saturated rings. The van der Waals surface area contributed by atoms with Gasteiger partial charge < -0.3 is 9.73 Å². The van der Waals surface area contributed by atoms with Crippen LogP contribution in [-0.2, 0) is 6.42 Å². The zero-order chi connectivity index (χ0) is 14.5. The van der Waals surface area contributed by atoms with Gasteiger partial charge in [-0.3, -0.25) is 0 Å². The van der Waals surface area contributed by atoms with Crippen molar-refractivity contribution in [3.8, 4) is 0 Å². The molecular formula is C16H19ClFNO. The lowest BCUT2D eigenvalue weighted by Gasteiger charge is -2.18. The molecule has 0 bridgehead atoms. The number of halogens is 2. The van der Waals surface area contributed by atoms with E-state index in [1.165, 1.54) is 12.1 Å². The number of rotatable bonds is 6. The van der Waals surface area contributed by atoms with Gasteiger partial charge in [0.2, 0.25) is 0 Å². The van der Waals surface area contributed by atoms with Crippen molar-refractivity contribution in [2.45, 2.75) is 32.7 Å². The summed E-state index contributed by atoms with van der Waals surface area (Å²) in [5, 5.41) is 3.91. The highest BCUT2D eigenvalue weighted by Gasteiger charge is 2.18. The molecule has 0 aliphatic heterocycles. The first-order chi connectivity index (χ1) is 9.61. The Morgan fingerprint density at radius 2 is 2.15 bits per heavy atom. The molecule has 2 nitrogen and oxygen atoms in total. The van der Waals surface area contributed by atoms with Gasteiger partial charge in [0.15, 0.2) is 0 Å². The third-order valence-electron chi connectivity index (χ3n) is 3.30. The SMILES string of the molecule is CCCNC(Cc1ccc(F)cc1Cl)c1occc1C. The summed E-state index contributed by atoms with van der Waals surface area (Å²) in [6.07, 6.45) is 3.40. The smallest absolute Gasteiger partial charge is 0.124 e. The summed E-state index contributed by atoms with van der Waals surface area (Å²) in [5.41, 5.74) is 2.02. The van der Waals surface area contributed by atoms with E-state index in [-0.39, 0.29) is 11.9 Å². The Bertz CT molecular complexity index is 567. The highest BCUT2D eigenvalue weighted by Crippen LogP contribution is 2.26. The lowest BCUT2D eigenvalue weighted by atomic mass is 10.0. The van der Waals surface area contributed by atoms with E-state index in [0.717, 1.165) is 29.9 Å². The highest BCUT2D eigenvalue weighted by molar-refractivity contribution is 6.31. The summed E-state index contributed by atoms with van der Waals surface area (Å²) in [5.74, 6) is 0.602. The molecule has 108 valence electrons. The van der Waals surface area contributed by atoms with Gasteiger partial charge in [-0.2, -0.15) is 0 Å². The molecule has 1 N–H and O–H groups in total. The monoisotopic (exact) mass is 295 g/mol. The molecule has 0 amide bonds. The molecule has 0 aliphatic carbocycles. The maximum absolute atomic E-state index is 13.1. The van der Waals surface area contributed by atoms with Crippen LogP contribution in [0, 0.1) is 12.7 Å². The standard InChI is InChI=1S/C16H19ClFNO/c1-3-7-19-15(16-11(2)6-8-20-16)9-12-4-5-13(18)10-14(12)17/h4-6,8,10,15,19H,3,7,9H2,1-2H3. The third-order valence-corrected chi connectivity index (χ3v) is 3.65. The van der Waals surface area contributed by atoms with E-state index >= 15 is 0 Å². The largest absolute Gasteiger partial charge is 0.467 e. The number of hydrogen-bond donors (Lipinski definition) is 1. The molecule has 4 heteroatoms. The van der Waals surface area contributed by atoms with Crippen molar-refractivity contribution < 1.29 is 8.81 Å². The molecule has 0 radical (unpaired) electrons. The molecule has 2 rings (SSSR count). The summed E-state index contributed by atoms with van der Waals surface area (Å²) in [6.45, 7) is 5.03. The minimum Gasteiger partial charge on any atom is -0.467 e. The molecule has 0 spiro atoms. The molecule has 1 aromatic heterocycles. The van der Waals surface area contributed by atoms with Crippen LogP contribution < -0.4 is 5.32 Å². The summed E-state index contributed by atoms with van der Waals surface area (Å²) in [6, 6.07) is 6.52. The summed E-state index contributed by atoms with van der Waals surface area (Å²) < 4.78 is 18.7. The number of furan rings is 1. The Morgan fingerprint density at radius 3 is 2.75 bits per heavy atom. The highest BCUT2D eigenvalue weighted by atomic mass is 35.5. The number of aryl methyl sites for hydroxylation is 1. The average Bonchev–Trinajstić information content (AvgIpc) is 2.83. The fourth-order valence-electron chi connectivity index (χ4n) is 2.22. The maximum Gasteiger partial charge on any atom is 0.124 e. The van der Waals surface area contributed by atoms with Crippen molar-refractivity contribution in [1.82, 2.24) is 5.32 Å². The number of hydrogen-bond acceptors (Lipinski definition) is 2. The molecule has 1 aromatic carbocycles. The van der Waals surface area contributed by atoms with Gasteiger partial charge >= 0.3 is 0 Å². The molecule has 1 heterocycles. The Morgan fingerprint density at radius 1 is 1.35 bits per heavy atom. The van der Waals surface area contributed by atoms with Crippen LogP contribution >= 0.6 is 11.6 Å². The van der Waals surface area contributed by atoms with Gasteiger partial charge in [-0.15, -0.1) is 0 Å². The molecule has 0 aliphatic rings. The lowest BCUT2D eigenvalue weighted by Crippen LogP contribution is -2.24. The quantitative estimate of drug-likeness (QED) is 0.838. The van der Waals surface area contributed by atoms with Gasteiger partial charge in [-0.05, 0) is 55.6 Å². The van der Waals surface area contributed by atoms with Crippen molar-refractivity contribution in [2.24, 2.45) is 0 Å². The van der Waals surface area contributed by atoms with Gasteiger partial charge in [-0.25, -0.2) is 4.39 Å². The number of nitrogens with one attached hydrogen (secondary N) is 1. The zero-order valence-electron chi connectivity index (χ0n) is 11.7. The Hall–Kier alpha value is -1.32. The Kier molecular flexibility index (Phi) is 5.21. The van der Waals surface area contributed by atoms with Crippen LogP contribution in [-0.4, -0.2) is 6.54 Å². The predicted molar refractivity (Wildman–Crippen MR) is 79.6 cm³/mol. The second-order valence-corrected chi connectivity index (χ2v) is 5.32. The molecule has 1 atom stereocenters. The van der Waals surface area contributed by atoms with Crippen molar-refractivity contribution in [1.29, 1.82) is 0 Å². The first-order valence-electron chi connectivity index (χ1n) is 6.83. The van der Waals surface area contributed by atoms with E-state index in [2.05, 4.69) is 12.2 Å². The fraction of sp³-hybridized carbons (Fsp3) is 0.375. The normalized spacial score (nSPS) is 12.6. The van der Waals surface area contributed by atoms with Gasteiger partial charge in [0.25, 0.3) is 0 Å². The van der Waals surface area contributed by atoms with Crippen LogP contribution in [0.15, 0.2) is 34.9 Å². The maximum atomic E-state index is 13.1. The van der Waals surface area contributed by atoms with Crippen molar-refractivity contribution >= 4 is 11.6 Å². The van der Waals surface area contributed by atoms with Gasteiger partial charge in [0.05, 0.1) is 12.3 Å². The van der Waals surface area contributed by atoms with Crippen LogP contribution in [0.25, 0.3) is 0 Å². The van der Waals surface area contributed by atoms with E-state index < -0.39 is 0 Å².